The van der Waals surface area contributed by atoms with E-state index in [0.29, 0.717) is 31.1 Å². The Labute approximate surface area is 186 Å². The summed E-state index contributed by atoms with van der Waals surface area (Å²) in [5, 5.41) is 6.84. The van der Waals surface area contributed by atoms with Gasteiger partial charge in [-0.05, 0) is 37.2 Å². The molecule has 0 radical (unpaired) electrons. The van der Waals surface area contributed by atoms with E-state index in [2.05, 4.69) is 22.5 Å². The minimum Gasteiger partial charge on any atom is -0.475 e. The number of methoxy groups -OCH3 is 2. The average molecular weight is 506 g/mol. The van der Waals surface area contributed by atoms with Gasteiger partial charge in [-0.15, -0.1) is 24.0 Å². The molecule has 1 aromatic rings. The number of pyridine rings is 1. The first-order chi connectivity index (χ1) is 13.2. The summed E-state index contributed by atoms with van der Waals surface area (Å²) in [6, 6.07) is 3.86. The van der Waals surface area contributed by atoms with E-state index in [9.17, 15) is 0 Å². The van der Waals surface area contributed by atoms with Gasteiger partial charge >= 0.3 is 0 Å². The van der Waals surface area contributed by atoms with Gasteiger partial charge < -0.3 is 24.8 Å². The third-order valence-corrected chi connectivity index (χ3v) is 4.98. The van der Waals surface area contributed by atoms with Gasteiger partial charge in [-0.25, -0.2) is 9.98 Å². The molecule has 1 aromatic heterocycles. The predicted octanol–water partition coefficient (Wildman–Crippen LogP) is 2.99. The Morgan fingerprint density at radius 1 is 1.14 bits per heavy atom. The zero-order chi connectivity index (χ0) is 19.4. The van der Waals surface area contributed by atoms with Gasteiger partial charge in [0.15, 0.2) is 5.96 Å². The van der Waals surface area contributed by atoms with E-state index in [1.807, 2.05) is 12.1 Å². The van der Waals surface area contributed by atoms with Crippen molar-refractivity contribution < 1.29 is 14.2 Å². The molecule has 0 aromatic carbocycles. The fourth-order valence-corrected chi connectivity index (χ4v) is 3.11. The fourth-order valence-electron chi connectivity index (χ4n) is 3.11. The number of nitrogens with zero attached hydrogens (tertiary/aromatic N) is 2. The lowest BCUT2D eigenvalue weighted by atomic mass is 9.67. The highest BCUT2D eigenvalue weighted by Crippen LogP contribution is 2.43. The quantitative estimate of drug-likeness (QED) is 0.197. The van der Waals surface area contributed by atoms with Crippen LogP contribution in [0.25, 0.3) is 0 Å². The molecular formula is C20H35IN4O3. The molecule has 1 saturated carbocycles. The molecule has 2 N–H and O–H groups in total. The average Bonchev–Trinajstić information content (AvgIpc) is 2.66. The second-order valence-corrected chi connectivity index (χ2v) is 6.99. The molecule has 1 aliphatic rings. The molecule has 160 valence electrons. The maximum absolute atomic E-state index is 5.49. The Hall–Kier alpha value is -1.13. The Morgan fingerprint density at radius 3 is 2.50 bits per heavy atom. The molecule has 1 heterocycles. The van der Waals surface area contributed by atoms with Crippen LogP contribution in [0.1, 0.15) is 38.2 Å². The largest absolute Gasteiger partial charge is 0.475 e. The first-order valence-electron chi connectivity index (χ1n) is 9.79. The monoisotopic (exact) mass is 506 g/mol. The molecule has 2 rings (SSSR count). The van der Waals surface area contributed by atoms with E-state index in [4.69, 9.17) is 19.2 Å². The maximum Gasteiger partial charge on any atom is 0.213 e. The predicted molar refractivity (Wildman–Crippen MR) is 123 cm³/mol. The first kappa shape index (κ1) is 24.9. The van der Waals surface area contributed by atoms with Crippen LogP contribution in [0.5, 0.6) is 5.88 Å². The van der Waals surface area contributed by atoms with Crippen LogP contribution >= 0.6 is 24.0 Å². The highest BCUT2D eigenvalue weighted by molar-refractivity contribution is 14.0. The molecule has 28 heavy (non-hydrogen) atoms. The van der Waals surface area contributed by atoms with Gasteiger partial charge in [0.2, 0.25) is 5.88 Å². The van der Waals surface area contributed by atoms with Crippen LogP contribution in [0.2, 0.25) is 0 Å². The smallest absolute Gasteiger partial charge is 0.213 e. The number of hydrogen-bond donors (Lipinski definition) is 2. The fraction of sp³-hybridized carbons (Fsp3) is 0.700. The summed E-state index contributed by atoms with van der Waals surface area (Å²) in [5.74, 6) is 1.46. The summed E-state index contributed by atoms with van der Waals surface area (Å²) < 4.78 is 15.7. The molecule has 0 bridgehead atoms. The van der Waals surface area contributed by atoms with Crippen LogP contribution < -0.4 is 15.4 Å². The number of rotatable bonds is 12. The number of aliphatic imine (C=N–C) groups is 1. The van der Waals surface area contributed by atoms with Gasteiger partial charge in [0.25, 0.3) is 0 Å². The lowest BCUT2D eigenvalue weighted by Crippen LogP contribution is -2.46. The van der Waals surface area contributed by atoms with Crippen LogP contribution in [-0.4, -0.2) is 58.1 Å². The van der Waals surface area contributed by atoms with Crippen molar-refractivity contribution in [2.75, 3.05) is 47.1 Å². The first-order valence-corrected chi connectivity index (χ1v) is 9.79. The highest BCUT2D eigenvalue weighted by Gasteiger charge is 2.36. The minimum absolute atomic E-state index is 0. The molecule has 0 amide bonds. The van der Waals surface area contributed by atoms with Crippen molar-refractivity contribution in [2.24, 2.45) is 10.4 Å². The molecule has 0 aliphatic heterocycles. The van der Waals surface area contributed by atoms with Gasteiger partial charge in [-0.1, -0.05) is 12.5 Å². The van der Waals surface area contributed by atoms with Crippen LogP contribution in [-0.2, 0) is 16.0 Å². The van der Waals surface area contributed by atoms with Crippen molar-refractivity contribution in [3.8, 4) is 5.88 Å². The molecule has 8 heteroatoms. The van der Waals surface area contributed by atoms with Crippen molar-refractivity contribution >= 4 is 29.9 Å². The number of halogens is 1. The third kappa shape index (κ3) is 8.48. The van der Waals surface area contributed by atoms with Crippen molar-refractivity contribution in [1.82, 2.24) is 15.6 Å². The van der Waals surface area contributed by atoms with Gasteiger partial charge in [0, 0.05) is 46.2 Å². The molecular weight excluding hydrogens is 471 g/mol. The number of nitrogens with one attached hydrogen (secondary N) is 2. The van der Waals surface area contributed by atoms with Gasteiger partial charge in [0.1, 0.15) is 6.61 Å². The second-order valence-electron chi connectivity index (χ2n) is 6.99. The Morgan fingerprint density at radius 2 is 1.93 bits per heavy atom. The van der Waals surface area contributed by atoms with Crippen molar-refractivity contribution in [2.45, 2.75) is 39.2 Å². The van der Waals surface area contributed by atoms with Crippen molar-refractivity contribution in [1.29, 1.82) is 0 Å². The van der Waals surface area contributed by atoms with Crippen LogP contribution in [0.4, 0.5) is 0 Å². The number of guanidine groups is 1. The Balaban J connectivity index is 0.00000392. The molecule has 7 nitrogen and oxygen atoms in total. The summed E-state index contributed by atoms with van der Waals surface area (Å²) in [7, 11) is 3.42. The summed E-state index contributed by atoms with van der Waals surface area (Å²) in [5.41, 5.74) is 1.40. The van der Waals surface area contributed by atoms with E-state index < -0.39 is 0 Å². The topological polar surface area (TPSA) is 77.0 Å². The van der Waals surface area contributed by atoms with E-state index in [1.54, 1.807) is 20.4 Å². The molecule has 1 fully saturated rings. The lowest BCUT2D eigenvalue weighted by Gasteiger charge is -2.42. The number of aromatic nitrogens is 1. The summed E-state index contributed by atoms with van der Waals surface area (Å²) in [6.07, 6.45) is 6.74. The maximum atomic E-state index is 5.49. The highest BCUT2D eigenvalue weighted by atomic mass is 127. The van der Waals surface area contributed by atoms with Gasteiger partial charge in [-0.3, -0.25) is 0 Å². The molecule has 0 atom stereocenters. The van der Waals surface area contributed by atoms with E-state index in [1.165, 1.54) is 19.3 Å². The molecule has 0 unspecified atom stereocenters. The molecule has 0 saturated heterocycles. The van der Waals surface area contributed by atoms with Crippen molar-refractivity contribution in [3.05, 3.63) is 23.9 Å². The summed E-state index contributed by atoms with van der Waals surface area (Å²) >= 11 is 0. The minimum atomic E-state index is 0. The van der Waals surface area contributed by atoms with Gasteiger partial charge in [-0.2, -0.15) is 0 Å². The van der Waals surface area contributed by atoms with Gasteiger partial charge in [0.05, 0.1) is 13.2 Å². The van der Waals surface area contributed by atoms with E-state index in [-0.39, 0.29) is 24.0 Å². The second kappa shape index (κ2) is 13.9. The lowest BCUT2D eigenvalue weighted by molar-refractivity contribution is 0.0732. The van der Waals surface area contributed by atoms with Crippen LogP contribution in [0.3, 0.4) is 0 Å². The summed E-state index contributed by atoms with van der Waals surface area (Å²) in [6.45, 7) is 6.30. The molecule has 0 spiro atoms. The summed E-state index contributed by atoms with van der Waals surface area (Å²) in [4.78, 5) is 9.01. The van der Waals surface area contributed by atoms with Crippen LogP contribution in [0, 0.1) is 5.41 Å². The standard InChI is InChI=1S/C20H34N4O3.HI/c1-4-21-19(24-16-20(8-5-9-20)10-11-25-2)23-15-17-6-7-18(22-14-17)27-13-12-26-3;/h6-7,14H,4-5,8-13,15-16H2,1-3H3,(H2,21,23,24);1H. The molecule has 1 aliphatic carbocycles. The zero-order valence-corrected chi connectivity index (χ0v) is 19.7. The van der Waals surface area contributed by atoms with Crippen molar-refractivity contribution in [3.63, 3.8) is 0 Å². The van der Waals surface area contributed by atoms with E-state index >= 15 is 0 Å². The normalized spacial score (nSPS) is 15.3. The number of hydrogen-bond acceptors (Lipinski definition) is 5. The van der Waals surface area contributed by atoms with Crippen LogP contribution in [0.15, 0.2) is 23.3 Å². The Kier molecular flexibility index (Phi) is 12.4. The SMILES string of the molecule is CCNC(=NCc1ccc(OCCOC)nc1)NCC1(CCOC)CCC1.I. The number of ether oxygens (including phenoxy) is 3. The Bertz CT molecular complexity index is 565. The zero-order valence-electron chi connectivity index (χ0n) is 17.3. The van der Waals surface area contributed by atoms with E-state index in [0.717, 1.165) is 37.6 Å². The third-order valence-electron chi connectivity index (χ3n) is 4.98.